The van der Waals surface area contributed by atoms with Crippen LogP contribution >= 0.6 is 11.6 Å². The Kier molecular flexibility index (Phi) is 5.59. The summed E-state index contributed by atoms with van der Waals surface area (Å²) < 4.78 is 18.8. The van der Waals surface area contributed by atoms with Gasteiger partial charge in [-0.25, -0.2) is 4.39 Å². The maximum atomic E-state index is 13.6. The molecule has 0 bridgehead atoms. The van der Waals surface area contributed by atoms with E-state index in [0.717, 1.165) is 29.7 Å². The van der Waals surface area contributed by atoms with Crippen LogP contribution in [0.4, 0.5) is 4.39 Å². The monoisotopic (exact) mass is 307 g/mol. The Bertz CT molecular complexity index is 616. The molecule has 2 aromatic carbocycles. The van der Waals surface area contributed by atoms with Crippen molar-refractivity contribution in [3.63, 3.8) is 0 Å². The predicted octanol–water partition coefficient (Wildman–Crippen LogP) is 4.65. The van der Waals surface area contributed by atoms with E-state index in [1.54, 1.807) is 19.2 Å². The molecular formula is C17H19ClFNO. The summed E-state index contributed by atoms with van der Waals surface area (Å²) in [6.45, 7) is 3.75. The van der Waals surface area contributed by atoms with Gasteiger partial charge in [0, 0.05) is 6.54 Å². The Hall–Kier alpha value is -1.58. The molecule has 2 rings (SSSR count). The zero-order valence-electron chi connectivity index (χ0n) is 12.2. The molecule has 0 aromatic heterocycles. The summed E-state index contributed by atoms with van der Waals surface area (Å²) >= 11 is 6.05. The van der Waals surface area contributed by atoms with Crippen molar-refractivity contribution >= 4 is 11.6 Å². The average Bonchev–Trinajstić information content (AvgIpc) is 2.49. The smallest absolute Gasteiger partial charge is 0.138 e. The van der Waals surface area contributed by atoms with Crippen molar-refractivity contribution in [3.05, 3.63) is 52.8 Å². The van der Waals surface area contributed by atoms with Crippen LogP contribution in [0.15, 0.2) is 36.4 Å². The first-order valence-electron chi connectivity index (χ1n) is 6.98. The molecule has 0 aliphatic rings. The second-order valence-electron chi connectivity index (χ2n) is 4.83. The molecular weight excluding hydrogens is 289 g/mol. The Balaban J connectivity index is 2.39. The largest absolute Gasteiger partial charge is 0.495 e. The molecule has 0 unspecified atom stereocenters. The van der Waals surface area contributed by atoms with Crippen molar-refractivity contribution in [1.82, 2.24) is 5.32 Å². The van der Waals surface area contributed by atoms with Gasteiger partial charge in [-0.3, -0.25) is 0 Å². The normalized spacial score (nSPS) is 10.7. The van der Waals surface area contributed by atoms with Gasteiger partial charge in [0.15, 0.2) is 0 Å². The van der Waals surface area contributed by atoms with Crippen molar-refractivity contribution in [1.29, 1.82) is 0 Å². The van der Waals surface area contributed by atoms with E-state index in [-0.39, 0.29) is 5.82 Å². The quantitative estimate of drug-likeness (QED) is 0.784. The second kappa shape index (κ2) is 7.43. The summed E-state index contributed by atoms with van der Waals surface area (Å²) in [7, 11) is 1.57. The van der Waals surface area contributed by atoms with Gasteiger partial charge in [-0.1, -0.05) is 30.7 Å². The van der Waals surface area contributed by atoms with E-state index in [9.17, 15) is 4.39 Å². The average molecular weight is 308 g/mol. The molecule has 4 heteroatoms. The number of rotatable bonds is 6. The van der Waals surface area contributed by atoms with E-state index in [0.29, 0.717) is 17.3 Å². The van der Waals surface area contributed by atoms with Crippen LogP contribution in [-0.4, -0.2) is 13.7 Å². The fraction of sp³-hybridized carbons (Fsp3) is 0.294. The third-order valence-electron chi connectivity index (χ3n) is 3.28. The third-order valence-corrected chi connectivity index (χ3v) is 3.59. The van der Waals surface area contributed by atoms with Crippen LogP contribution in [0.25, 0.3) is 11.1 Å². The number of ether oxygens (including phenoxy) is 1. The van der Waals surface area contributed by atoms with Crippen LogP contribution in [0.1, 0.15) is 18.9 Å². The SMILES string of the molecule is CCCNCc1ccc(F)cc1-c1ccc(Cl)c(OC)c1. The lowest BCUT2D eigenvalue weighted by molar-refractivity contribution is 0.415. The van der Waals surface area contributed by atoms with Gasteiger partial charge in [0.05, 0.1) is 12.1 Å². The van der Waals surface area contributed by atoms with E-state index >= 15 is 0 Å². The zero-order chi connectivity index (χ0) is 15.2. The number of benzene rings is 2. The second-order valence-corrected chi connectivity index (χ2v) is 5.23. The van der Waals surface area contributed by atoms with Crippen LogP contribution in [-0.2, 0) is 6.54 Å². The number of hydrogen-bond acceptors (Lipinski definition) is 2. The van der Waals surface area contributed by atoms with Gasteiger partial charge < -0.3 is 10.1 Å². The van der Waals surface area contributed by atoms with Crippen LogP contribution in [0.2, 0.25) is 5.02 Å². The summed E-state index contributed by atoms with van der Waals surface area (Å²) in [5, 5.41) is 3.89. The number of nitrogens with one attached hydrogen (secondary N) is 1. The van der Waals surface area contributed by atoms with Gasteiger partial charge in [-0.2, -0.15) is 0 Å². The maximum absolute atomic E-state index is 13.6. The van der Waals surface area contributed by atoms with E-state index < -0.39 is 0 Å². The highest BCUT2D eigenvalue weighted by Gasteiger charge is 2.09. The molecule has 0 aliphatic heterocycles. The van der Waals surface area contributed by atoms with Crippen molar-refractivity contribution in [2.45, 2.75) is 19.9 Å². The Labute approximate surface area is 129 Å². The summed E-state index contributed by atoms with van der Waals surface area (Å²) in [5.41, 5.74) is 2.80. The summed E-state index contributed by atoms with van der Waals surface area (Å²) in [5.74, 6) is 0.337. The van der Waals surface area contributed by atoms with Crippen molar-refractivity contribution in [3.8, 4) is 16.9 Å². The van der Waals surface area contributed by atoms with E-state index in [1.807, 2.05) is 18.2 Å². The van der Waals surface area contributed by atoms with Crippen LogP contribution in [0.3, 0.4) is 0 Å². The minimum atomic E-state index is -0.252. The van der Waals surface area contributed by atoms with E-state index in [2.05, 4.69) is 12.2 Å². The molecule has 0 saturated heterocycles. The predicted molar refractivity (Wildman–Crippen MR) is 85.4 cm³/mol. The molecule has 0 atom stereocenters. The molecule has 0 saturated carbocycles. The molecule has 0 radical (unpaired) electrons. The Morgan fingerprint density at radius 1 is 1.19 bits per heavy atom. The Morgan fingerprint density at radius 3 is 2.71 bits per heavy atom. The molecule has 0 amide bonds. The topological polar surface area (TPSA) is 21.3 Å². The standard InChI is InChI=1S/C17H19ClFNO/c1-3-8-20-11-13-4-6-14(19)10-15(13)12-5-7-16(18)17(9-12)21-2/h4-7,9-10,20H,3,8,11H2,1-2H3. The first-order chi connectivity index (χ1) is 10.2. The minimum Gasteiger partial charge on any atom is -0.495 e. The van der Waals surface area contributed by atoms with E-state index in [4.69, 9.17) is 16.3 Å². The van der Waals surface area contributed by atoms with Crippen molar-refractivity contribution < 1.29 is 9.13 Å². The lowest BCUT2D eigenvalue weighted by Gasteiger charge is -2.12. The number of halogens is 2. The first-order valence-corrected chi connectivity index (χ1v) is 7.36. The highest BCUT2D eigenvalue weighted by Crippen LogP contribution is 2.32. The van der Waals surface area contributed by atoms with Crippen LogP contribution in [0, 0.1) is 5.82 Å². The van der Waals surface area contributed by atoms with Crippen molar-refractivity contribution in [2.24, 2.45) is 0 Å². The molecule has 0 aliphatic carbocycles. The molecule has 1 N–H and O–H groups in total. The molecule has 0 spiro atoms. The zero-order valence-corrected chi connectivity index (χ0v) is 13.0. The molecule has 0 fully saturated rings. The van der Waals surface area contributed by atoms with Gasteiger partial charge in [-0.15, -0.1) is 0 Å². The molecule has 21 heavy (non-hydrogen) atoms. The maximum Gasteiger partial charge on any atom is 0.138 e. The number of hydrogen-bond donors (Lipinski definition) is 1. The lowest BCUT2D eigenvalue weighted by Crippen LogP contribution is -2.14. The molecule has 112 valence electrons. The van der Waals surface area contributed by atoms with Gasteiger partial charge in [0.2, 0.25) is 0 Å². The molecule has 2 nitrogen and oxygen atoms in total. The summed E-state index contributed by atoms with van der Waals surface area (Å²) in [4.78, 5) is 0. The fourth-order valence-corrected chi connectivity index (χ4v) is 2.39. The van der Waals surface area contributed by atoms with Crippen LogP contribution in [0.5, 0.6) is 5.75 Å². The fourth-order valence-electron chi connectivity index (χ4n) is 2.20. The highest BCUT2D eigenvalue weighted by atomic mass is 35.5. The summed E-state index contributed by atoms with van der Waals surface area (Å²) in [6.07, 6.45) is 1.06. The van der Waals surface area contributed by atoms with Crippen molar-refractivity contribution in [2.75, 3.05) is 13.7 Å². The number of methoxy groups -OCH3 is 1. The Morgan fingerprint density at radius 2 is 2.00 bits per heavy atom. The summed E-state index contributed by atoms with van der Waals surface area (Å²) in [6, 6.07) is 10.3. The van der Waals surface area contributed by atoms with Gasteiger partial charge in [0.1, 0.15) is 11.6 Å². The van der Waals surface area contributed by atoms with Crippen LogP contribution < -0.4 is 10.1 Å². The molecule has 0 heterocycles. The molecule has 2 aromatic rings. The third kappa shape index (κ3) is 3.96. The van der Waals surface area contributed by atoms with Gasteiger partial charge >= 0.3 is 0 Å². The van der Waals surface area contributed by atoms with E-state index in [1.165, 1.54) is 6.07 Å². The van der Waals surface area contributed by atoms with Gasteiger partial charge in [0.25, 0.3) is 0 Å². The lowest BCUT2D eigenvalue weighted by atomic mass is 9.99. The minimum absolute atomic E-state index is 0.252. The first kappa shape index (κ1) is 15.8. The van der Waals surface area contributed by atoms with Gasteiger partial charge in [-0.05, 0) is 53.9 Å². The highest BCUT2D eigenvalue weighted by molar-refractivity contribution is 6.32.